The number of aromatic amines is 1. The first-order chi connectivity index (χ1) is 14.5. The number of thiophene rings is 1. The van der Waals surface area contributed by atoms with E-state index < -0.39 is 6.03 Å². The number of anilines is 1. The fourth-order valence-electron chi connectivity index (χ4n) is 2.94. The SMILES string of the molecule is N#Cc1c(-c2ccnc(NC(N)=O)c2)sc(-c2nnc[nH]2)c1-c1ccc(Cl)cc1I. The van der Waals surface area contributed by atoms with Gasteiger partial charge in [-0.05, 0) is 58.0 Å². The van der Waals surface area contributed by atoms with Gasteiger partial charge in [0.2, 0.25) is 0 Å². The number of primary amides is 1. The lowest BCUT2D eigenvalue weighted by molar-refractivity contribution is 0.259. The van der Waals surface area contributed by atoms with Crippen LogP contribution >= 0.6 is 45.5 Å². The Morgan fingerprint density at radius 3 is 2.80 bits per heavy atom. The third-order valence-electron chi connectivity index (χ3n) is 4.13. The minimum Gasteiger partial charge on any atom is -0.351 e. The molecule has 0 fully saturated rings. The standard InChI is InChI=1S/C19H11ClIN7OS/c20-10-1-2-11(13(21)6-10)15-12(7-22)16(30-17(15)18-25-8-26-28-18)9-3-4-24-14(5-9)27-19(23)29/h1-6,8H,(H,25,26,28)(H3,23,24,27,29). The zero-order valence-electron chi connectivity index (χ0n) is 15.0. The average molecular weight is 548 g/mol. The molecule has 0 spiro atoms. The Morgan fingerprint density at radius 1 is 1.30 bits per heavy atom. The molecule has 0 aliphatic heterocycles. The summed E-state index contributed by atoms with van der Waals surface area (Å²) in [7, 11) is 0. The fraction of sp³-hybridized carbons (Fsp3) is 0. The number of nitrogens with zero attached hydrogens (tertiary/aromatic N) is 4. The van der Waals surface area contributed by atoms with Crippen molar-refractivity contribution in [1.29, 1.82) is 5.26 Å². The summed E-state index contributed by atoms with van der Waals surface area (Å²) in [5, 5.41) is 21.1. The monoisotopic (exact) mass is 547 g/mol. The van der Waals surface area contributed by atoms with E-state index in [2.05, 4.69) is 54.1 Å². The van der Waals surface area contributed by atoms with Crippen LogP contribution in [0.5, 0.6) is 0 Å². The third-order valence-corrected chi connectivity index (χ3v) is 6.50. The highest BCUT2D eigenvalue weighted by atomic mass is 127. The summed E-state index contributed by atoms with van der Waals surface area (Å²) in [6.07, 6.45) is 3.03. The molecule has 0 radical (unpaired) electrons. The minimum atomic E-state index is -0.718. The average Bonchev–Trinajstić information content (AvgIpc) is 3.35. The van der Waals surface area contributed by atoms with Crippen LogP contribution in [0.3, 0.4) is 0 Å². The van der Waals surface area contributed by atoms with Crippen LogP contribution in [0.15, 0.2) is 42.9 Å². The molecule has 4 N–H and O–H groups in total. The highest BCUT2D eigenvalue weighted by molar-refractivity contribution is 14.1. The Hall–Kier alpha value is -3.01. The molecule has 3 heterocycles. The highest BCUT2D eigenvalue weighted by Gasteiger charge is 2.25. The topological polar surface area (TPSA) is 133 Å². The van der Waals surface area contributed by atoms with Crippen LogP contribution in [-0.4, -0.2) is 26.2 Å². The summed E-state index contributed by atoms with van der Waals surface area (Å²) in [6, 6.07) is 10.5. The fourth-order valence-corrected chi connectivity index (χ4v) is 5.29. The Morgan fingerprint density at radius 2 is 2.13 bits per heavy atom. The number of halogens is 2. The Labute approximate surface area is 193 Å². The smallest absolute Gasteiger partial charge is 0.317 e. The van der Waals surface area contributed by atoms with E-state index in [0.717, 1.165) is 19.6 Å². The van der Waals surface area contributed by atoms with Gasteiger partial charge in [0, 0.05) is 20.4 Å². The molecule has 1 aromatic carbocycles. The number of amides is 2. The van der Waals surface area contributed by atoms with Gasteiger partial charge in [0.15, 0.2) is 5.82 Å². The molecule has 0 unspecified atom stereocenters. The predicted octanol–water partition coefficient (Wildman–Crippen LogP) is 4.88. The van der Waals surface area contributed by atoms with E-state index in [1.165, 1.54) is 17.7 Å². The van der Waals surface area contributed by atoms with Gasteiger partial charge in [0.05, 0.1) is 15.3 Å². The minimum absolute atomic E-state index is 0.293. The number of nitrogens with one attached hydrogen (secondary N) is 2. The molecule has 0 saturated heterocycles. The lowest BCUT2D eigenvalue weighted by Crippen LogP contribution is -2.19. The molecule has 11 heteroatoms. The first-order valence-corrected chi connectivity index (χ1v) is 10.7. The highest BCUT2D eigenvalue weighted by Crippen LogP contribution is 2.47. The Bertz CT molecular complexity index is 1300. The second kappa shape index (κ2) is 8.39. The molecule has 0 aliphatic carbocycles. The second-order valence-corrected chi connectivity index (χ2v) is 8.62. The van der Waals surface area contributed by atoms with Crippen molar-refractivity contribution >= 4 is 57.4 Å². The zero-order chi connectivity index (χ0) is 21.3. The summed E-state index contributed by atoms with van der Waals surface area (Å²) < 4.78 is 0.896. The van der Waals surface area contributed by atoms with Gasteiger partial charge >= 0.3 is 6.03 Å². The van der Waals surface area contributed by atoms with E-state index in [9.17, 15) is 10.1 Å². The molecule has 0 saturated carbocycles. The van der Waals surface area contributed by atoms with Crippen molar-refractivity contribution in [3.8, 4) is 38.3 Å². The van der Waals surface area contributed by atoms with Crippen LogP contribution in [0, 0.1) is 14.9 Å². The molecular weight excluding hydrogens is 537 g/mol. The predicted molar refractivity (Wildman–Crippen MR) is 124 cm³/mol. The van der Waals surface area contributed by atoms with E-state index in [-0.39, 0.29) is 0 Å². The Kier molecular flexibility index (Phi) is 5.67. The quantitative estimate of drug-likeness (QED) is 0.313. The van der Waals surface area contributed by atoms with Crippen LogP contribution in [0.4, 0.5) is 10.6 Å². The molecule has 0 bridgehead atoms. The zero-order valence-corrected chi connectivity index (χ0v) is 18.7. The van der Waals surface area contributed by atoms with Gasteiger partial charge < -0.3 is 10.7 Å². The molecule has 0 atom stereocenters. The van der Waals surface area contributed by atoms with Gasteiger partial charge in [-0.15, -0.1) is 21.5 Å². The second-order valence-electron chi connectivity index (χ2n) is 6.00. The summed E-state index contributed by atoms with van der Waals surface area (Å²) in [4.78, 5) is 19.8. The van der Waals surface area contributed by atoms with Gasteiger partial charge in [-0.2, -0.15) is 5.26 Å². The third kappa shape index (κ3) is 3.87. The molecule has 30 heavy (non-hydrogen) atoms. The maximum atomic E-state index is 11.2. The first-order valence-electron chi connectivity index (χ1n) is 8.39. The maximum absolute atomic E-state index is 11.2. The number of benzene rings is 1. The number of urea groups is 1. The largest absolute Gasteiger partial charge is 0.351 e. The lowest BCUT2D eigenvalue weighted by atomic mass is 9.98. The molecule has 4 rings (SSSR count). The number of pyridine rings is 1. The van der Waals surface area contributed by atoms with Crippen molar-refractivity contribution in [3.05, 3.63) is 57.0 Å². The Balaban J connectivity index is 1.98. The van der Waals surface area contributed by atoms with E-state index in [4.69, 9.17) is 17.3 Å². The van der Waals surface area contributed by atoms with Crippen molar-refractivity contribution in [2.24, 2.45) is 5.73 Å². The van der Waals surface area contributed by atoms with E-state index in [0.29, 0.717) is 32.7 Å². The van der Waals surface area contributed by atoms with Gasteiger partial charge in [-0.25, -0.2) is 9.78 Å². The molecule has 8 nitrogen and oxygen atoms in total. The molecule has 148 valence electrons. The number of nitriles is 1. The first kappa shape index (κ1) is 20.3. The van der Waals surface area contributed by atoms with Crippen molar-refractivity contribution in [3.63, 3.8) is 0 Å². The van der Waals surface area contributed by atoms with Crippen LogP contribution in [-0.2, 0) is 0 Å². The summed E-state index contributed by atoms with van der Waals surface area (Å²) >= 11 is 9.72. The molecule has 0 aliphatic rings. The van der Waals surface area contributed by atoms with Crippen LogP contribution in [0.1, 0.15) is 5.56 Å². The van der Waals surface area contributed by atoms with Crippen LogP contribution in [0.25, 0.3) is 32.3 Å². The van der Waals surface area contributed by atoms with Gasteiger partial charge in [0.25, 0.3) is 0 Å². The van der Waals surface area contributed by atoms with Gasteiger partial charge in [-0.1, -0.05) is 17.7 Å². The van der Waals surface area contributed by atoms with E-state index in [1.54, 1.807) is 24.4 Å². The van der Waals surface area contributed by atoms with E-state index in [1.807, 2.05) is 12.1 Å². The number of aromatic nitrogens is 4. The van der Waals surface area contributed by atoms with Crippen molar-refractivity contribution in [2.75, 3.05) is 5.32 Å². The van der Waals surface area contributed by atoms with Crippen molar-refractivity contribution in [2.45, 2.75) is 0 Å². The number of carbonyl (C=O) groups excluding carboxylic acids is 1. The number of rotatable bonds is 4. The van der Waals surface area contributed by atoms with Gasteiger partial charge in [0.1, 0.15) is 18.2 Å². The molecular formula is C19H11ClIN7OS. The number of hydrogen-bond donors (Lipinski definition) is 3. The number of hydrogen-bond acceptors (Lipinski definition) is 6. The molecule has 3 aromatic heterocycles. The summed E-state index contributed by atoms with van der Waals surface area (Å²) in [5.41, 5.74) is 7.97. The summed E-state index contributed by atoms with van der Waals surface area (Å²) in [6.45, 7) is 0. The normalized spacial score (nSPS) is 10.6. The molecule has 2 amide bonds. The number of nitrogens with two attached hydrogens (primary N) is 1. The van der Waals surface area contributed by atoms with Gasteiger partial charge in [-0.3, -0.25) is 5.32 Å². The van der Waals surface area contributed by atoms with Crippen LogP contribution in [0.2, 0.25) is 5.02 Å². The van der Waals surface area contributed by atoms with Crippen molar-refractivity contribution < 1.29 is 4.79 Å². The maximum Gasteiger partial charge on any atom is 0.317 e. The van der Waals surface area contributed by atoms with Crippen LogP contribution < -0.4 is 11.1 Å². The number of carbonyl (C=O) groups is 1. The summed E-state index contributed by atoms with van der Waals surface area (Å²) in [5.74, 6) is 0.842. The van der Waals surface area contributed by atoms with Crippen molar-refractivity contribution in [1.82, 2.24) is 20.2 Å². The van der Waals surface area contributed by atoms with E-state index >= 15 is 0 Å². The number of H-pyrrole nitrogens is 1. The molecule has 4 aromatic rings. The lowest BCUT2D eigenvalue weighted by Gasteiger charge is -2.07.